The van der Waals surface area contributed by atoms with Crippen molar-refractivity contribution >= 4 is 29.4 Å². The Balaban J connectivity index is 1.72. The highest BCUT2D eigenvalue weighted by Gasteiger charge is 2.08. The lowest BCUT2D eigenvalue weighted by molar-refractivity contribution is 0.261. The van der Waals surface area contributed by atoms with Crippen molar-refractivity contribution < 1.29 is 9.21 Å². The summed E-state index contributed by atoms with van der Waals surface area (Å²) in [6, 6.07) is 20.8. The second kappa shape index (κ2) is 6.87. The molecule has 5 heteroatoms. The number of carbonyl (C=O) groups is 1. The monoisotopic (exact) mass is 310 g/mol. The molecular weight excluding hydrogens is 296 g/mol. The van der Waals surface area contributed by atoms with Crippen LogP contribution in [0.15, 0.2) is 87.2 Å². The average Bonchev–Trinajstić information content (AvgIpc) is 3.03. The van der Waals surface area contributed by atoms with Crippen LogP contribution in [0.5, 0.6) is 0 Å². The highest BCUT2D eigenvalue weighted by Crippen LogP contribution is 2.33. The molecule has 4 nitrogen and oxygen atoms in total. The molecule has 0 atom stereocenters. The van der Waals surface area contributed by atoms with E-state index in [-0.39, 0.29) is 6.03 Å². The lowest BCUT2D eigenvalue weighted by Gasteiger charge is -2.10. The number of anilines is 2. The lowest BCUT2D eigenvalue weighted by Crippen LogP contribution is -2.19. The quantitative estimate of drug-likeness (QED) is 0.707. The van der Waals surface area contributed by atoms with Crippen molar-refractivity contribution in [3.63, 3.8) is 0 Å². The van der Waals surface area contributed by atoms with Crippen molar-refractivity contribution in [1.82, 2.24) is 0 Å². The molecule has 1 heterocycles. The van der Waals surface area contributed by atoms with Gasteiger partial charge in [0.1, 0.15) is 0 Å². The number of amides is 2. The van der Waals surface area contributed by atoms with Gasteiger partial charge in [-0.15, -0.1) is 0 Å². The molecule has 22 heavy (non-hydrogen) atoms. The largest absolute Gasteiger partial charge is 0.449 e. The van der Waals surface area contributed by atoms with E-state index in [0.29, 0.717) is 5.88 Å². The van der Waals surface area contributed by atoms with Crippen molar-refractivity contribution in [1.29, 1.82) is 0 Å². The van der Waals surface area contributed by atoms with E-state index in [2.05, 4.69) is 10.6 Å². The fourth-order valence-electron chi connectivity index (χ4n) is 1.89. The number of furan rings is 1. The molecule has 3 aromatic rings. The van der Waals surface area contributed by atoms with Gasteiger partial charge in [0, 0.05) is 15.9 Å². The number of hydrogen-bond acceptors (Lipinski definition) is 3. The third-order valence-electron chi connectivity index (χ3n) is 2.86. The normalized spacial score (nSPS) is 10.2. The third-order valence-corrected chi connectivity index (χ3v) is 3.95. The van der Waals surface area contributed by atoms with E-state index in [1.807, 2.05) is 54.6 Å². The van der Waals surface area contributed by atoms with Crippen molar-refractivity contribution in [2.45, 2.75) is 9.79 Å². The number of urea groups is 1. The predicted molar refractivity (Wildman–Crippen MR) is 88.4 cm³/mol. The zero-order valence-electron chi connectivity index (χ0n) is 11.7. The molecule has 0 spiro atoms. The summed E-state index contributed by atoms with van der Waals surface area (Å²) in [5.74, 6) is 0.408. The predicted octanol–water partition coefficient (Wildman–Crippen LogP) is 5.07. The smallest absolute Gasteiger partial charge is 0.326 e. The molecule has 2 aromatic carbocycles. The first-order valence-corrected chi connectivity index (χ1v) is 7.56. The standard InChI is InChI=1S/C17H14N2O2S/c20-17(19-16-11-6-12-21-16)18-14-9-4-5-10-15(14)22-13-7-2-1-3-8-13/h1-12H,(H2,18,19,20). The number of hydrogen-bond donors (Lipinski definition) is 2. The van der Waals surface area contributed by atoms with Crippen LogP contribution in [0.25, 0.3) is 0 Å². The molecule has 3 rings (SSSR count). The third kappa shape index (κ3) is 3.71. The van der Waals surface area contributed by atoms with Crippen LogP contribution in [0, 0.1) is 0 Å². The van der Waals surface area contributed by atoms with Gasteiger partial charge in [0.25, 0.3) is 0 Å². The Hall–Kier alpha value is -2.66. The minimum atomic E-state index is -0.337. The maximum Gasteiger partial charge on any atom is 0.326 e. The number of para-hydroxylation sites is 1. The zero-order chi connectivity index (χ0) is 15.2. The van der Waals surface area contributed by atoms with E-state index >= 15 is 0 Å². The maximum absolute atomic E-state index is 12.0. The van der Waals surface area contributed by atoms with E-state index in [1.165, 1.54) is 6.26 Å². The maximum atomic E-state index is 12.0. The molecule has 0 fully saturated rings. The Kier molecular flexibility index (Phi) is 4.46. The van der Waals surface area contributed by atoms with Crippen LogP contribution in [0.3, 0.4) is 0 Å². The summed E-state index contributed by atoms with van der Waals surface area (Å²) in [5.41, 5.74) is 0.750. The Labute approximate surface area is 132 Å². The first kappa shape index (κ1) is 14.3. The summed E-state index contributed by atoms with van der Waals surface area (Å²) in [7, 11) is 0. The van der Waals surface area contributed by atoms with Crippen LogP contribution in [-0.2, 0) is 0 Å². The molecule has 0 aliphatic rings. The second-order valence-corrected chi connectivity index (χ2v) is 5.58. The van der Waals surface area contributed by atoms with Crippen molar-refractivity contribution in [3.05, 3.63) is 73.0 Å². The number of rotatable bonds is 4. The Bertz CT molecular complexity index is 742. The topological polar surface area (TPSA) is 54.3 Å². The van der Waals surface area contributed by atoms with E-state index < -0.39 is 0 Å². The van der Waals surface area contributed by atoms with E-state index in [4.69, 9.17) is 4.42 Å². The summed E-state index contributed by atoms with van der Waals surface area (Å²) in [4.78, 5) is 14.1. The summed E-state index contributed by atoms with van der Waals surface area (Å²) in [6.07, 6.45) is 1.51. The van der Waals surface area contributed by atoms with Crippen LogP contribution >= 0.6 is 11.8 Å². The van der Waals surface area contributed by atoms with Crippen molar-refractivity contribution in [2.24, 2.45) is 0 Å². The molecule has 0 radical (unpaired) electrons. The van der Waals surface area contributed by atoms with E-state index in [1.54, 1.807) is 23.9 Å². The van der Waals surface area contributed by atoms with Gasteiger partial charge < -0.3 is 9.73 Å². The molecule has 0 saturated heterocycles. The van der Waals surface area contributed by atoms with Gasteiger partial charge in [0.15, 0.2) is 0 Å². The summed E-state index contributed by atoms with van der Waals surface area (Å²) < 4.78 is 5.09. The van der Waals surface area contributed by atoms with Crippen molar-refractivity contribution in [2.75, 3.05) is 10.6 Å². The minimum Gasteiger partial charge on any atom is -0.449 e. The Morgan fingerprint density at radius 3 is 2.41 bits per heavy atom. The molecule has 0 aliphatic carbocycles. The van der Waals surface area contributed by atoms with Gasteiger partial charge in [0.05, 0.1) is 12.0 Å². The molecule has 2 amide bonds. The number of nitrogens with one attached hydrogen (secondary N) is 2. The Morgan fingerprint density at radius 1 is 0.864 bits per heavy atom. The van der Waals surface area contributed by atoms with Crippen LogP contribution in [0.2, 0.25) is 0 Å². The molecule has 0 aliphatic heterocycles. The fraction of sp³-hybridized carbons (Fsp3) is 0. The van der Waals surface area contributed by atoms with E-state index in [9.17, 15) is 4.79 Å². The van der Waals surface area contributed by atoms with Gasteiger partial charge in [-0.1, -0.05) is 42.1 Å². The molecule has 2 N–H and O–H groups in total. The SMILES string of the molecule is O=C(Nc1ccco1)Nc1ccccc1Sc1ccccc1. The summed E-state index contributed by atoms with van der Waals surface area (Å²) >= 11 is 1.60. The number of carbonyl (C=O) groups excluding carboxylic acids is 1. The van der Waals surface area contributed by atoms with Crippen LogP contribution in [-0.4, -0.2) is 6.03 Å². The first-order valence-electron chi connectivity index (χ1n) is 6.75. The van der Waals surface area contributed by atoms with Gasteiger partial charge >= 0.3 is 6.03 Å². The van der Waals surface area contributed by atoms with Gasteiger partial charge in [-0.25, -0.2) is 4.79 Å². The van der Waals surface area contributed by atoms with Gasteiger partial charge in [-0.3, -0.25) is 5.32 Å². The molecule has 0 saturated carbocycles. The average molecular weight is 310 g/mol. The fourth-order valence-corrected chi connectivity index (χ4v) is 2.81. The van der Waals surface area contributed by atoms with Crippen LogP contribution in [0.4, 0.5) is 16.4 Å². The Morgan fingerprint density at radius 2 is 1.64 bits per heavy atom. The molecule has 0 unspecified atom stereocenters. The van der Waals surface area contributed by atoms with Gasteiger partial charge in [-0.05, 0) is 30.3 Å². The van der Waals surface area contributed by atoms with E-state index in [0.717, 1.165) is 15.5 Å². The minimum absolute atomic E-state index is 0.337. The number of benzene rings is 2. The summed E-state index contributed by atoms with van der Waals surface area (Å²) in [6.45, 7) is 0. The van der Waals surface area contributed by atoms with Gasteiger partial charge in [-0.2, -0.15) is 0 Å². The zero-order valence-corrected chi connectivity index (χ0v) is 12.5. The molecule has 0 bridgehead atoms. The van der Waals surface area contributed by atoms with Crippen molar-refractivity contribution in [3.8, 4) is 0 Å². The molecular formula is C17H14N2O2S. The second-order valence-electron chi connectivity index (χ2n) is 4.47. The lowest BCUT2D eigenvalue weighted by atomic mass is 10.3. The van der Waals surface area contributed by atoms with Crippen LogP contribution in [0.1, 0.15) is 0 Å². The highest BCUT2D eigenvalue weighted by molar-refractivity contribution is 7.99. The molecule has 110 valence electrons. The van der Waals surface area contributed by atoms with Gasteiger partial charge in [0.2, 0.25) is 5.88 Å². The first-order chi connectivity index (χ1) is 10.8. The van der Waals surface area contributed by atoms with Crippen LogP contribution < -0.4 is 10.6 Å². The highest BCUT2D eigenvalue weighted by atomic mass is 32.2. The summed E-state index contributed by atoms with van der Waals surface area (Å²) in [5, 5.41) is 5.47. The molecule has 1 aromatic heterocycles.